The number of nitrogens with zero attached hydrogens (tertiary/aromatic N) is 2. The molecule has 5 nitrogen and oxygen atoms in total. The lowest BCUT2D eigenvalue weighted by Gasteiger charge is -2.28. The molecule has 0 unspecified atom stereocenters. The van der Waals surface area contributed by atoms with Crippen LogP contribution in [0, 0.1) is 0 Å². The summed E-state index contributed by atoms with van der Waals surface area (Å²) in [7, 11) is -3.70. The Morgan fingerprint density at radius 3 is 2.32 bits per heavy atom. The predicted molar refractivity (Wildman–Crippen MR) is 114 cm³/mol. The summed E-state index contributed by atoms with van der Waals surface area (Å²) < 4.78 is 25.0. The van der Waals surface area contributed by atoms with Gasteiger partial charge in [-0.25, -0.2) is 4.83 Å². The van der Waals surface area contributed by atoms with Crippen molar-refractivity contribution in [1.29, 1.82) is 0 Å². The first-order valence-electron chi connectivity index (χ1n) is 9.50. The quantitative estimate of drug-likeness (QED) is 0.523. The van der Waals surface area contributed by atoms with E-state index in [1.165, 1.54) is 31.2 Å². The molecule has 1 fully saturated rings. The minimum Gasteiger partial charge on any atom is -0.372 e. The molecule has 1 aliphatic rings. The fourth-order valence-corrected chi connectivity index (χ4v) is 4.31. The van der Waals surface area contributed by atoms with Gasteiger partial charge in [0.25, 0.3) is 10.0 Å². The number of anilines is 1. The Hall–Kier alpha value is -2.86. The Bertz CT molecular complexity index is 1090. The monoisotopic (exact) mass is 393 g/mol. The Kier molecular flexibility index (Phi) is 5.30. The van der Waals surface area contributed by atoms with E-state index in [0.717, 1.165) is 29.4 Å². The molecule has 1 heterocycles. The fraction of sp³-hybridized carbons (Fsp3) is 0.227. The van der Waals surface area contributed by atoms with Gasteiger partial charge in [0.05, 0.1) is 11.1 Å². The summed E-state index contributed by atoms with van der Waals surface area (Å²) in [6.45, 7) is 2.19. The third-order valence-corrected chi connectivity index (χ3v) is 6.25. The molecule has 0 atom stereocenters. The zero-order valence-corrected chi connectivity index (χ0v) is 16.4. The van der Waals surface area contributed by atoms with E-state index >= 15 is 0 Å². The highest BCUT2D eigenvalue weighted by atomic mass is 32.2. The van der Waals surface area contributed by atoms with Crippen molar-refractivity contribution in [2.24, 2.45) is 5.10 Å². The molecule has 1 saturated heterocycles. The van der Waals surface area contributed by atoms with Crippen LogP contribution in [-0.2, 0) is 10.0 Å². The number of benzene rings is 3. The van der Waals surface area contributed by atoms with Gasteiger partial charge < -0.3 is 4.90 Å². The van der Waals surface area contributed by atoms with Crippen LogP contribution < -0.4 is 9.73 Å². The van der Waals surface area contributed by atoms with Crippen LogP contribution in [0.5, 0.6) is 0 Å². The predicted octanol–water partition coefficient (Wildman–Crippen LogP) is 4.14. The largest absolute Gasteiger partial charge is 0.372 e. The van der Waals surface area contributed by atoms with Crippen molar-refractivity contribution in [2.75, 3.05) is 18.0 Å². The van der Waals surface area contributed by atoms with Crippen molar-refractivity contribution >= 4 is 32.7 Å². The van der Waals surface area contributed by atoms with Crippen LogP contribution in [0.3, 0.4) is 0 Å². The molecule has 144 valence electrons. The molecular formula is C22H23N3O2S. The molecule has 0 amide bonds. The van der Waals surface area contributed by atoms with Gasteiger partial charge in [-0.05, 0) is 59.9 Å². The Morgan fingerprint density at radius 1 is 0.857 bits per heavy atom. The van der Waals surface area contributed by atoms with Crippen LogP contribution in [0.1, 0.15) is 24.8 Å². The van der Waals surface area contributed by atoms with Crippen molar-refractivity contribution in [1.82, 2.24) is 4.83 Å². The molecule has 0 aromatic heterocycles. The molecule has 0 saturated carbocycles. The summed E-state index contributed by atoms with van der Waals surface area (Å²) >= 11 is 0. The Balaban J connectivity index is 1.44. The van der Waals surface area contributed by atoms with Gasteiger partial charge in [-0.15, -0.1) is 0 Å². The molecule has 28 heavy (non-hydrogen) atoms. The van der Waals surface area contributed by atoms with Gasteiger partial charge in [0.2, 0.25) is 0 Å². The van der Waals surface area contributed by atoms with E-state index in [1.807, 2.05) is 36.4 Å². The number of hydrogen-bond donors (Lipinski definition) is 1. The van der Waals surface area contributed by atoms with E-state index in [9.17, 15) is 8.42 Å². The first-order chi connectivity index (χ1) is 13.6. The van der Waals surface area contributed by atoms with Gasteiger partial charge in [-0.1, -0.05) is 42.5 Å². The second kappa shape index (κ2) is 8.02. The highest BCUT2D eigenvalue weighted by molar-refractivity contribution is 7.89. The van der Waals surface area contributed by atoms with Crippen LogP contribution >= 0.6 is 0 Å². The zero-order valence-electron chi connectivity index (χ0n) is 15.6. The van der Waals surface area contributed by atoms with Crippen LogP contribution in [0.2, 0.25) is 0 Å². The Morgan fingerprint density at radius 2 is 1.57 bits per heavy atom. The molecule has 1 aliphatic heterocycles. The summed E-state index contributed by atoms with van der Waals surface area (Å²) in [5, 5.41) is 5.81. The van der Waals surface area contributed by atoms with Gasteiger partial charge in [-0.3, -0.25) is 0 Å². The molecule has 3 aromatic carbocycles. The molecule has 0 bridgehead atoms. The van der Waals surface area contributed by atoms with Crippen molar-refractivity contribution in [3.8, 4) is 0 Å². The second-order valence-corrected chi connectivity index (χ2v) is 8.66. The number of rotatable bonds is 5. The zero-order chi connectivity index (χ0) is 19.4. The third-order valence-electron chi connectivity index (χ3n) is 5.03. The van der Waals surface area contributed by atoms with E-state index in [4.69, 9.17) is 0 Å². The van der Waals surface area contributed by atoms with Gasteiger partial charge in [0, 0.05) is 18.8 Å². The smallest absolute Gasteiger partial charge is 0.276 e. The number of nitrogens with one attached hydrogen (secondary N) is 1. The summed E-state index contributed by atoms with van der Waals surface area (Å²) in [5.74, 6) is 0. The van der Waals surface area contributed by atoms with E-state index in [1.54, 1.807) is 18.2 Å². The van der Waals surface area contributed by atoms with Crippen LogP contribution in [0.4, 0.5) is 5.69 Å². The minimum absolute atomic E-state index is 0.198. The fourth-order valence-electron chi connectivity index (χ4n) is 3.48. The topological polar surface area (TPSA) is 61.8 Å². The number of sulfonamides is 1. The number of fused-ring (bicyclic) bond motifs is 1. The van der Waals surface area contributed by atoms with Crippen LogP contribution in [0.25, 0.3) is 10.8 Å². The van der Waals surface area contributed by atoms with Crippen molar-refractivity contribution in [2.45, 2.75) is 24.2 Å². The first-order valence-corrected chi connectivity index (χ1v) is 11.0. The van der Waals surface area contributed by atoms with Crippen LogP contribution in [0.15, 0.2) is 76.7 Å². The summed E-state index contributed by atoms with van der Waals surface area (Å²) in [6.07, 6.45) is 5.30. The molecule has 0 radical (unpaired) electrons. The van der Waals surface area contributed by atoms with Gasteiger partial charge in [0.15, 0.2) is 0 Å². The average Bonchev–Trinajstić information content (AvgIpc) is 2.74. The van der Waals surface area contributed by atoms with Crippen molar-refractivity contribution < 1.29 is 8.42 Å². The lowest BCUT2D eigenvalue weighted by Crippen LogP contribution is -2.29. The number of piperidine rings is 1. The number of hydrogen-bond acceptors (Lipinski definition) is 4. The van der Waals surface area contributed by atoms with E-state index < -0.39 is 10.0 Å². The molecule has 6 heteroatoms. The molecule has 4 rings (SSSR count). The van der Waals surface area contributed by atoms with E-state index in [2.05, 4.69) is 27.0 Å². The number of hydrazone groups is 1. The average molecular weight is 394 g/mol. The SMILES string of the molecule is O=S(=O)(N/N=C/c1ccc(N2CCCCC2)cc1)c1ccc2ccccc2c1. The lowest BCUT2D eigenvalue weighted by atomic mass is 10.1. The van der Waals surface area contributed by atoms with Crippen molar-refractivity contribution in [3.63, 3.8) is 0 Å². The van der Waals surface area contributed by atoms with Crippen molar-refractivity contribution in [3.05, 3.63) is 72.3 Å². The summed E-state index contributed by atoms with van der Waals surface area (Å²) in [4.78, 5) is 4.88. The molecule has 0 spiro atoms. The highest BCUT2D eigenvalue weighted by Crippen LogP contribution is 2.20. The molecule has 1 N–H and O–H groups in total. The first kappa shape index (κ1) is 18.5. The van der Waals surface area contributed by atoms with E-state index in [0.29, 0.717) is 0 Å². The maximum atomic E-state index is 12.5. The van der Waals surface area contributed by atoms with Gasteiger partial charge in [-0.2, -0.15) is 13.5 Å². The lowest BCUT2D eigenvalue weighted by molar-refractivity contribution is 0.578. The highest BCUT2D eigenvalue weighted by Gasteiger charge is 2.13. The molecular weight excluding hydrogens is 370 g/mol. The normalized spacial score (nSPS) is 15.2. The minimum atomic E-state index is -3.70. The molecule has 0 aliphatic carbocycles. The van der Waals surface area contributed by atoms with Crippen LogP contribution in [-0.4, -0.2) is 27.7 Å². The van der Waals surface area contributed by atoms with E-state index in [-0.39, 0.29) is 4.90 Å². The summed E-state index contributed by atoms with van der Waals surface area (Å²) in [5.41, 5.74) is 2.05. The maximum Gasteiger partial charge on any atom is 0.276 e. The Labute approximate surface area is 165 Å². The molecule has 3 aromatic rings. The standard InChI is InChI=1S/C22H23N3O2S/c26-28(27,22-13-10-19-6-2-3-7-20(19)16-22)24-23-17-18-8-11-21(12-9-18)25-14-4-1-5-15-25/h2-3,6-13,16-17,24H,1,4-5,14-15H2/b23-17+. The summed E-state index contributed by atoms with van der Waals surface area (Å²) in [6, 6.07) is 20.7. The maximum absolute atomic E-state index is 12.5. The second-order valence-electron chi connectivity index (χ2n) is 7.00. The van der Waals surface area contributed by atoms with Gasteiger partial charge >= 0.3 is 0 Å². The van der Waals surface area contributed by atoms with Gasteiger partial charge in [0.1, 0.15) is 0 Å². The third kappa shape index (κ3) is 4.17.